The summed E-state index contributed by atoms with van der Waals surface area (Å²) in [6.07, 6.45) is 2.99. The van der Waals surface area contributed by atoms with Gasteiger partial charge in [-0.2, -0.15) is 4.52 Å². The highest BCUT2D eigenvalue weighted by Gasteiger charge is 2.34. The zero-order valence-corrected chi connectivity index (χ0v) is 15.2. The average Bonchev–Trinajstić information content (AvgIpc) is 3.35. The van der Waals surface area contributed by atoms with Crippen molar-refractivity contribution < 1.29 is 14.9 Å². The number of nitrogens with zero attached hydrogens (tertiary/aromatic N) is 4. The van der Waals surface area contributed by atoms with E-state index in [0.29, 0.717) is 17.2 Å². The number of likely N-dealkylation sites (tertiary alicyclic amines) is 1. The van der Waals surface area contributed by atoms with E-state index in [1.54, 1.807) is 12.1 Å². The van der Waals surface area contributed by atoms with Gasteiger partial charge in [0.05, 0.1) is 18.0 Å². The SMILES string of the molecule is CCc1nc2sc([C@H](c3ccc([N+](=O)[O-])cc3)[NH+]3CCCC3)c(O)n2n1. The Bertz CT molecular complexity index is 943. The van der Waals surface area contributed by atoms with Gasteiger partial charge in [-0.25, -0.2) is 4.98 Å². The van der Waals surface area contributed by atoms with Crippen LogP contribution in [0.4, 0.5) is 5.69 Å². The summed E-state index contributed by atoms with van der Waals surface area (Å²) in [6.45, 7) is 4.00. The van der Waals surface area contributed by atoms with Crippen molar-refractivity contribution in [3.05, 3.63) is 50.6 Å². The van der Waals surface area contributed by atoms with Gasteiger partial charge in [0.1, 0.15) is 4.88 Å². The van der Waals surface area contributed by atoms with Gasteiger partial charge in [-0.15, -0.1) is 5.10 Å². The maximum Gasteiger partial charge on any atom is 0.269 e. The van der Waals surface area contributed by atoms with Crippen molar-refractivity contribution in [3.8, 4) is 5.88 Å². The third-order valence-electron chi connectivity index (χ3n) is 4.91. The van der Waals surface area contributed by atoms with Crippen LogP contribution in [0.25, 0.3) is 4.96 Å². The van der Waals surface area contributed by atoms with Crippen molar-refractivity contribution in [3.63, 3.8) is 0 Å². The van der Waals surface area contributed by atoms with Crippen molar-refractivity contribution in [2.24, 2.45) is 0 Å². The number of aromatic hydroxyl groups is 1. The predicted molar refractivity (Wildman–Crippen MR) is 96.8 cm³/mol. The standard InChI is InChI=1S/C17H19N5O3S/c1-2-13-18-17-21(19-13)16(23)15(26-17)14(20-9-3-4-10-20)11-5-7-12(8-6-11)22(24)25/h5-8,14,23H,2-4,9-10H2,1H3/p+1/t14-/m0/s1. The number of fused-ring (bicyclic) bond motifs is 1. The highest BCUT2D eigenvalue weighted by molar-refractivity contribution is 7.17. The second kappa shape index (κ2) is 6.65. The van der Waals surface area contributed by atoms with Crippen molar-refractivity contribution in [2.45, 2.75) is 32.2 Å². The molecule has 0 spiro atoms. The second-order valence-corrected chi connectivity index (χ2v) is 7.52. The monoisotopic (exact) mass is 374 g/mol. The van der Waals surface area contributed by atoms with Crippen LogP contribution in [0.3, 0.4) is 0 Å². The summed E-state index contributed by atoms with van der Waals surface area (Å²) in [5.74, 6) is 0.832. The first-order valence-electron chi connectivity index (χ1n) is 8.74. The lowest BCUT2D eigenvalue weighted by atomic mass is 10.0. The van der Waals surface area contributed by atoms with E-state index in [2.05, 4.69) is 10.1 Å². The fourth-order valence-corrected chi connectivity index (χ4v) is 4.77. The van der Waals surface area contributed by atoms with Gasteiger partial charge in [-0.1, -0.05) is 18.3 Å². The summed E-state index contributed by atoms with van der Waals surface area (Å²) in [7, 11) is 0. The van der Waals surface area contributed by atoms with E-state index in [9.17, 15) is 15.2 Å². The summed E-state index contributed by atoms with van der Waals surface area (Å²) in [6, 6.07) is 6.57. The molecule has 1 aromatic carbocycles. The number of nitro groups is 1. The van der Waals surface area contributed by atoms with E-state index >= 15 is 0 Å². The first kappa shape index (κ1) is 16.9. The van der Waals surface area contributed by atoms with Crippen LogP contribution in [0.5, 0.6) is 5.88 Å². The fourth-order valence-electron chi connectivity index (χ4n) is 3.61. The largest absolute Gasteiger partial charge is 0.492 e. The molecule has 136 valence electrons. The van der Waals surface area contributed by atoms with Crippen LogP contribution in [0.1, 0.15) is 42.1 Å². The molecule has 3 heterocycles. The first-order chi connectivity index (χ1) is 12.6. The molecule has 4 rings (SSSR count). The minimum atomic E-state index is -0.394. The predicted octanol–water partition coefficient (Wildman–Crippen LogP) is 1.74. The number of hydrogen-bond acceptors (Lipinski definition) is 6. The Kier molecular flexibility index (Phi) is 4.33. The highest BCUT2D eigenvalue weighted by Crippen LogP contribution is 2.35. The normalized spacial score (nSPS) is 16.3. The van der Waals surface area contributed by atoms with Crippen LogP contribution >= 0.6 is 11.3 Å². The molecule has 1 aliphatic rings. The maximum absolute atomic E-state index is 10.9. The number of nitrogens with one attached hydrogen (secondary N) is 1. The number of rotatable bonds is 5. The number of thiazole rings is 1. The van der Waals surface area contributed by atoms with Crippen LogP contribution in [0.15, 0.2) is 24.3 Å². The number of benzene rings is 1. The molecule has 0 saturated carbocycles. The summed E-state index contributed by atoms with van der Waals surface area (Å²) in [5.41, 5.74) is 1.03. The van der Waals surface area contributed by atoms with Gasteiger partial charge in [-0.05, 0) is 12.1 Å². The lowest BCUT2D eigenvalue weighted by Gasteiger charge is -2.23. The smallest absolute Gasteiger partial charge is 0.269 e. The quantitative estimate of drug-likeness (QED) is 0.524. The summed E-state index contributed by atoms with van der Waals surface area (Å²) >= 11 is 1.45. The molecule has 0 radical (unpaired) electrons. The van der Waals surface area contributed by atoms with E-state index in [1.165, 1.54) is 32.9 Å². The van der Waals surface area contributed by atoms with Crippen molar-refractivity contribution in [1.82, 2.24) is 14.6 Å². The van der Waals surface area contributed by atoms with E-state index in [-0.39, 0.29) is 17.6 Å². The Labute approximate surface area is 153 Å². The van der Waals surface area contributed by atoms with Crippen molar-refractivity contribution in [2.75, 3.05) is 13.1 Å². The molecule has 1 atom stereocenters. The van der Waals surface area contributed by atoms with Crippen LogP contribution in [-0.2, 0) is 6.42 Å². The van der Waals surface area contributed by atoms with E-state index < -0.39 is 4.92 Å². The van der Waals surface area contributed by atoms with Crippen LogP contribution in [0, 0.1) is 10.1 Å². The average molecular weight is 374 g/mol. The van der Waals surface area contributed by atoms with Gasteiger partial charge in [-0.3, -0.25) is 10.1 Å². The Hall–Kier alpha value is -2.52. The Morgan fingerprint density at radius 1 is 1.35 bits per heavy atom. The molecule has 1 aliphatic heterocycles. The summed E-state index contributed by atoms with van der Waals surface area (Å²) in [4.78, 5) is 17.9. The number of hydrogen-bond donors (Lipinski definition) is 2. The lowest BCUT2D eigenvalue weighted by molar-refractivity contribution is -0.913. The van der Waals surface area contributed by atoms with E-state index in [4.69, 9.17) is 0 Å². The van der Waals surface area contributed by atoms with E-state index in [1.807, 2.05) is 6.92 Å². The van der Waals surface area contributed by atoms with Gasteiger partial charge in [0, 0.05) is 37.0 Å². The molecule has 1 fully saturated rings. The topological polar surface area (TPSA) is 98.0 Å². The number of non-ortho nitro benzene ring substituents is 1. The van der Waals surface area contributed by atoms with Crippen molar-refractivity contribution in [1.29, 1.82) is 0 Å². The Balaban J connectivity index is 1.79. The third-order valence-corrected chi connectivity index (χ3v) is 6.00. The number of aromatic nitrogens is 3. The molecule has 2 aromatic heterocycles. The van der Waals surface area contributed by atoms with Gasteiger partial charge in [0.2, 0.25) is 10.8 Å². The van der Waals surface area contributed by atoms with Crippen molar-refractivity contribution >= 4 is 22.0 Å². The number of aryl methyl sites for hydroxylation is 1. The minimum absolute atomic E-state index is 0.0723. The van der Waals surface area contributed by atoms with Gasteiger partial charge in [0.15, 0.2) is 11.9 Å². The van der Waals surface area contributed by atoms with Gasteiger partial charge in [0.25, 0.3) is 5.69 Å². The van der Waals surface area contributed by atoms with Crippen LogP contribution in [0.2, 0.25) is 0 Å². The number of nitro benzene ring substituents is 1. The molecule has 9 heteroatoms. The molecule has 0 bridgehead atoms. The Morgan fingerprint density at radius 2 is 2.04 bits per heavy atom. The molecule has 2 N–H and O–H groups in total. The van der Waals surface area contributed by atoms with Crippen LogP contribution < -0.4 is 4.90 Å². The number of quaternary nitrogens is 1. The lowest BCUT2D eigenvalue weighted by Crippen LogP contribution is -3.10. The maximum atomic E-state index is 10.9. The Morgan fingerprint density at radius 3 is 2.62 bits per heavy atom. The molecule has 1 saturated heterocycles. The van der Waals surface area contributed by atoms with Crippen LogP contribution in [-0.4, -0.2) is 37.7 Å². The molecule has 3 aromatic rings. The summed E-state index contributed by atoms with van der Waals surface area (Å²) < 4.78 is 1.51. The molecular weight excluding hydrogens is 354 g/mol. The molecule has 8 nitrogen and oxygen atoms in total. The molecule has 0 amide bonds. The highest BCUT2D eigenvalue weighted by atomic mass is 32.1. The molecule has 0 unspecified atom stereocenters. The zero-order chi connectivity index (χ0) is 18.3. The van der Waals surface area contributed by atoms with Gasteiger partial charge < -0.3 is 10.0 Å². The third kappa shape index (κ3) is 2.82. The zero-order valence-electron chi connectivity index (χ0n) is 14.4. The first-order valence-corrected chi connectivity index (χ1v) is 9.56. The molecular formula is C17H20N5O3S+. The van der Waals surface area contributed by atoms with Gasteiger partial charge >= 0.3 is 0 Å². The van der Waals surface area contributed by atoms with E-state index in [0.717, 1.165) is 36.4 Å². The second-order valence-electron chi connectivity index (χ2n) is 6.51. The molecule has 26 heavy (non-hydrogen) atoms. The summed E-state index contributed by atoms with van der Waals surface area (Å²) in [5, 5.41) is 26.1. The fraction of sp³-hybridized carbons (Fsp3) is 0.412. The minimum Gasteiger partial charge on any atom is -0.492 e. The molecule has 0 aliphatic carbocycles.